The number of amides is 2. The molecule has 2 aromatic carbocycles. The Morgan fingerprint density at radius 3 is 2.35 bits per heavy atom. The molecule has 1 atom stereocenters. The first-order valence-electron chi connectivity index (χ1n) is 7.90. The van der Waals surface area contributed by atoms with Crippen LogP contribution in [0.1, 0.15) is 24.5 Å². The van der Waals surface area contributed by atoms with E-state index in [9.17, 15) is 4.79 Å². The molecule has 0 aliphatic heterocycles. The fraction of sp³-hybridized carbons (Fsp3) is 0.316. The van der Waals surface area contributed by atoms with Gasteiger partial charge in [0.25, 0.3) is 0 Å². The van der Waals surface area contributed by atoms with Gasteiger partial charge in [0.1, 0.15) is 0 Å². The van der Waals surface area contributed by atoms with E-state index in [0.29, 0.717) is 6.61 Å². The Bertz CT molecular complexity index is 597. The predicted octanol–water partition coefficient (Wildman–Crippen LogP) is 3.98. The highest BCUT2D eigenvalue weighted by atomic mass is 16.5. The molecule has 0 aliphatic carbocycles. The summed E-state index contributed by atoms with van der Waals surface area (Å²) >= 11 is 0. The minimum atomic E-state index is -0.174. The second-order valence-electron chi connectivity index (χ2n) is 5.52. The second kappa shape index (κ2) is 8.96. The second-order valence-corrected chi connectivity index (χ2v) is 5.52. The number of methoxy groups -OCH3 is 1. The lowest BCUT2D eigenvalue weighted by molar-refractivity contribution is 0.185. The first-order chi connectivity index (χ1) is 11.2. The first kappa shape index (κ1) is 17.0. The number of carbonyl (C=O) groups is 1. The van der Waals surface area contributed by atoms with E-state index in [2.05, 4.69) is 29.7 Å². The number of hydrogen-bond acceptors (Lipinski definition) is 2. The van der Waals surface area contributed by atoms with Gasteiger partial charge >= 0.3 is 6.03 Å². The molecule has 0 aliphatic rings. The predicted molar refractivity (Wildman–Crippen MR) is 93.5 cm³/mol. The van der Waals surface area contributed by atoms with Gasteiger partial charge in [0, 0.05) is 18.8 Å². The third-order valence-corrected chi connectivity index (χ3v) is 3.68. The van der Waals surface area contributed by atoms with Crippen molar-refractivity contribution in [2.75, 3.05) is 12.4 Å². The van der Waals surface area contributed by atoms with E-state index in [1.807, 2.05) is 42.5 Å². The van der Waals surface area contributed by atoms with Crippen LogP contribution in [0.4, 0.5) is 10.5 Å². The summed E-state index contributed by atoms with van der Waals surface area (Å²) in [6, 6.07) is 17.8. The zero-order valence-corrected chi connectivity index (χ0v) is 13.7. The zero-order chi connectivity index (χ0) is 16.5. The Morgan fingerprint density at radius 1 is 1.04 bits per heavy atom. The van der Waals surface area contributed by atoms with E-state index < -0.39 is 0 Å². The van der Waals surface area contributed by atoms with Crippen LogP contribution in [0.3, 0.4) is 0 Å². The minimum absolute atomic E-state index is 0.116. The van der Waals surface area contributed by atoms with Crippen molar-refractivity contribution in [3.05, 3.63) is 65.7 Å². The summed E-state index contributed by atoms with van der Waals surface area (Å²) in [7, 11) is 1.66. The summed E-state index contributed by atoms with van der Waals surface area (Å²) in [6.45, 7) is 2.65. The summed E-state index contributed by atoms with van der Waals surface area (Å²) < 4.78 is 5.07. The highest BCUT2D eigenvalue weighted by molar-refractivity contribution is 5.89. The van der Waals surface area contributed by atoms with Crippen molar-refractivity contribution in [3.63, 3.8) is 0 Å². The summed E-state index contributed by atoms with van der Waals surface area (Å²) in [5.41, 5.74) is 3.08. The summed E-state index contributed by atoms with van der Waals surface area (Å²) in [5.74, 6) is 0. The molecule has 122 valence electrons. The van der Waals surface area contributed by atoms with Gasteiger partial charge in [-0.3, -0.25) is 0 Å². The SMILES string of the molecule is CCC(Cc1ccccc1)NC(=O)Nc1ccc(COC)cc1. The van der Waals surface area contributed by atoms with Crippen LogP contribution in [0, 0.1) is 0 Å². The van der Waals surface area contributed by atoms with E-state index in [4.69, 9.17) is 4.74 Å². The van der Waals surface area contributed by atoms with Crippen LogP contribution >= 0.6 is 0 Å². The lowest BCUT2D eigenvalue weighted by Gasteiger charge is -2.17. The average molecular weight is 312 g/mol. The molecule has 0 saturated heterocycles. The Morgan fingerprint density at radius 2 is 1.74 bits per heavy atom. The van der Waals surface area contributed by atoms with E-state index in [1.54, 1.807) is 7.11 Å². The molecule has 2 amide bonds. The molecule has 2 rings (SSSR count). The number of anilines is 1. The van der Waals surface area contributed by atoms with Gasteiger partial charge in [0.15, 0.2) is 0 Å². The number of urea groups is 1. The maximum Gasteiger partial charge on any atom is 0.319 e. The molecule has 2 N–H and O–H groups in total. The van der Waals surface area contributed by atoms with E-state index in [1.165, 1.54) is 5.56 Å². The maximum atomic E-state index is 12.1. The van der Waals surface area contributed by atoms with Crippen LogP contribution in [0.2, 0.25) is 0 Å². The average Bonchev–Trinajstić information content (AvgIpc) is 2.57. The summed E-state index contributed by atoms with van der Waals surface area (Å²) in [4.78, 5) is 12.1. The van der Waals surface area contributed by atoms with Gasteiger partial charge in [-0.2, -0.15) is 0 Å². The van der Waals surface area contributed by atoms with Crippen LogP contribution in [-0.4, -0.2) is 19.2 Å². The Hall–Kier alpha value is -2.33. The van der Waals surface area contributed by atoms with Crippen LogP contribution in [-0.2, 0) is 17.8 Å². The minimum Gasteiger partial charge on any atom is -0.380 e. The number of hydrogen-bond donors (Lipinski definition) is 2. The maximum absolute atomic E-state index is 12.1. The molecule has 0 spiro atoms. The van der Waals surface area contributed by atoms with Crippen LogP contribution in [0.15, 0.2) is 54.6 Å². The molecule has 0 heterocycles. The highest BCUT2D eigenvalue weighted by Gasteiger charge is 2.11. The molecule has 0 radical (unpaired) electrons. The summed E-state index contributed by atoms with van der Waals surface area (Å²) in [5, 5.41) is 5.90. The molecule has 0 saturated carbocycles. The van der Waals surface area contributed by atoms with Crippen molar-refractivity contribution < 1.29 is 9.53 Å². The molecule has 0 fully saturated rings. The molecule has 4 heteroatoms. The van der Waals surface area contributed by atoms with Crippen LogP contribution < -0.4 is 10.6 Å². The first-order valence-corrected chi connectivity index (χ1v) is 7.90. The van der Waals surface area contributed by atoms with Crippen molar-refractivity contribution in [1.82, 2.24) is 5.32 Å². The van der Waals surface area contributed by atoms with Crippen LogP contribution in [0.25, 0.3) is 0 Å². The quantitative estimate of drug-likeness (QED) is 0.812. The molecule has 4 nitrogen and oxygen atoms in total. The van der Waals surface area contributed by atoms with Gasteiger partial charge in [-0.05, 0) is 36.1 Å². The lowest BCUT2D eigenvalue weighted by atomic mass is 10.0. The van der Waals surface area contributed by atoms with E-state index >= 15 is 0 Å². The fourth-order valence-electron chi connectivity index (χ4n) is 2.40. The fourth-order valence-corrected chi connectivity index (χ4v) is 2.40. The molecular formula is C19H24N2O2. The molecule has 2 aromatic rings. The van der Waals surface area contributed by atoms with Gasteiger partial charge in [-0.1, -0.05) is 49.4 Å². The molecule has 1 unspecified atom stereocenters. The van der Waals surface area contributed by atoms with Gasteiger partial charge in [-0.25, -0.2) is 4.79 Å². The third-order valence-electron chi connectivity index (χ3n) is 3.68. The topological polar surface area (TPSA) is 50.4 Å². The molecule has 0 aromatic heterocycles. The van der Waals surface area contributed by atoms with Gasteiger partial charge < -0.3 is 15.4 Å². The highest BCUT2D eigenvalue weighted by Crippen LogP contribution is 2.11. The molecular weight excluding hydrogens is 288 g/mol. The number of rotatable bonds is 7. The lowest BCUT2D eigenvalue weighted by Crippen LogP contribution is -2.38. The Kier molecular flexibility index (Phi) is 6.63. The monoisotopic (exact) mass is 312 g/mol. The van der Waals surface area contributed by atoms with Crippen molar-refractivity contribution in [1.29, 1.82) is 0 Å². The van der Waals surface area contributed by atoms with E-state index in [0.717, 1.165) is 24.1 Å². The third kappa shape index (κ3) is 5.75. The zero-order valence-electron chi connectivity index (χ0n) is 13.7. The number of nitrogens with one attached hydrogen (secondary N) is 2. The smallest absolute Gasteiger partial charge is 0.319 e. The van der Waals surface area contributed by atoms with Crippen molar-refractivity contribution in [2.24, 2.45) is 0 Å². The van der Waals surface area contributed by atoms with E-state index in [-0.39, 0.29) is 12.1 Å². The number of benzene rings is 2. The number of ether oxygens (including phenoxy) is 1. The van der Waals surface area contributed by atoms with Crippen molar-refractivity contribution in [3.8, 4) is 0 Å². The van der Waals surface area contributed by atoms with Crippen LogP contribution in [0.5, 0.6) is 0 Å². The Balaban J connectivity index is 1.87. The Labute approximate surface area is 137 Å². The standard InChI is InChI=1S/C19H24N2O2/c1-3-17(13-15-7-5-4-6-8-15)20-19(22)21-18-11-9-16(10-12-18)14-23-2/h4-12,17H,3,13-14H2,1-2H3,(H2,20,21,22). The molecule has 0 bridgehead atoms. The van der Waals surface area contributed by atoms with Crippen molar-refractivity contribution in [2.45, 2.75) is 32.4 Å². The normalized spacial score (nSPS) is 11.7. The van der Waals surface area contributed by atoms with Gasteiger partial charge in [0.05, 0.1) is 6.61 Å². The largest absolute Gasteiger partial charge is 0.380 e. The summed E-state index contributed by atoms with van der Waals surface area (Å²) in [6.07, 6.45) is 1.71. The van der Waals surface area contributed by atoms with Gasteiger partial charge in [0.2, 0.25) is 0 Å². The number of carbonyl (C=O) groups excluding carboxylic acids is 1. The molecule has 23 heavy (non-hydrogen) atoms. The van der Waals surface area contributed by atoms with Gasteiger partial charge in [-0.15, -0.1) is 0 Å². The van der Waals surface area contributed by atoms with Crippen molar-refractivity contribution >= 4 is 11.7 Å².